The number of fused-ring (bicyclic) bond motifs is 1. The number of aromatic nitrogens is 2. The van der Waals surface area contributed by atoms with Crippen LogP contribution in [-0.4, -0.2) is 58.7 Å². The third-order valence-corrected chi connectivity index (χ3v) is 5.05. The highest BCUT2D eigenvalue weighted by Gasteiger charge is 2.20. The summed E-state index contributed by atoms with van der Waals surface area (Å²) in [5.41, 5.74) is 1.35. The van der Waals surface area contributed by atoms with E-state index in [-0.39, 0.29) is 18.0 Å². The summed E-state index contributed by atoms with van der Waals surface area (Å²) in [6.07, 6.45) is 0. The number of nitrogens with zero attached hydrogens (tertiary/aromatic N) is 4. The monoisotopic (exact) mass is 362 g/mol. The number of rotatable bonds is 3. The van der Waals surface area contributed by atoms with Gasteiger partial charge in [-0.15, -0.1) is 0 Å². The molecule has 3 aromatic rings. The second kappa shape index (κ2) is 7.32. The molecule has 27 heavy (non-hydrogen) atoms. The zero-order valence-corrected chi connectivity index (χ0v) is 15.3. The summed E-state index contributed by atoms with van der Waals surface area (Å²) in [6, 6.07) is 17.4. The molecule has 6 nitrogen and oxygen atoms in total. The fourth-order valence-electron chi connectivity index (χ4n) is 3.35. The van der Waals surface area contributed by atoms with E-state index in [1.165, 1.54) is 10.7 Å². The van der Waals surface area contributed by atoms with Crippen LogP contribution in [0.15, 0.2) is 59.4 Å². The fourth-order valence-corrected chi connectivity index (χ4v) is 3.35. The Bertz CT molecular complexity index is 1040. The smallest absolute Gasteiger partial charge is 0.267 e. The number of amides is 1. The third-order valence-electron chi connectivity index (χ3n) is 5.05. The minimum Gasteiger partial charge on any atom is -0.339 e. The van der Waals surface area contributed by atoms with Crippen LogP contribution < -0.4 is 5.56 Å². The lowest BCUT2D eigenvalue weighted by Crippen LogP contribution is -2.48. The van der Waals surface area contributed by atoms with Gasteiger partial charge in [-0.3, -0.25) is 9.59 Å². The second-order valence-electron chi connectivity index (χ2n) is 6.96. The summed E-state index contributed by atoms with van der Waals surface area (Å²) in [6.45, 7) is 3.06. The molecule has 1 aromatic heterocycles. The Hall–Kier alpha value is -2.99. The molecule has 0 radical (unpaired) electrons. The van der Waals surface area contributed by atoms with Crippen LogP contribution in [0.2, 0.25) is 0 Å². The predicted octanol–water partition coefficient (Wildman–Crippen LogP) is 1.84. The van der Waals surface area contributed by atoms with E-state index in [1.54, 1.807) is 11.0 Å². The van der Waals surface area contributed by atoms with Crippen LogP contribution in [0.25, 0.3) is 22.0 Å². The number of likely N-dealkylation sites (N-methyl/N-ethyl adjacent to an activating group) is 1. The van der Waals surface area contributed by atoms with Crippen LogP contribution in [0.1, 0.15) is 0 Å². The number of hydrogen-bond donors (Lipinski definition) is 0. The Labute approximate surface area is 157 Å². The molecule has 0 N–H and O–H groups in total. The van der Waals surface area contributed by atoms with E-state index < -0.39 is 0 Å². The third kappa shape index (κ3) is 3.75. The van der Waals surface area contributed by atoms with Crippen LogP contribution in [0.4, 0.5) is 0 Å². The fraction of sp³-hybridized carbons (Fsp3) is 0.286. The first-order chi connectivity index (χ1) is 13.1. The van der Waals surface area contributed by atoms with Crippen molar-refractivity contribution in [2.24, 2.45) is 0 Å². The first kappa shape index (κ1) is 17.4. The SMILES string of the molecule is CN1CCN(C(=O)Cn2nc(-c3ccc4ccccc4c3)ccc2=O)CC1. The van der Waals surface area contributed by atoms with E-state index in [2.05, 4.69) is 22.1 Å². The molecule has 1 amide bonds. The van der Waals surface area contributed by atoms with Gasteiger partial charge >= 0.3 is 0 Å². The molecule has 1 aliphatic heterocycles. The Kier molecular flexibility index (Phi) is 4.73. The Morgan fingerprint density at radius 2 is 1.70 bits per heavy atom. The van der Waals surface area contributed by atoms with Gasteiger partial charge in [0.1, 0.15) is 6.54 Å². The van der Waals surface area contributed by atoms with E-state index in [9.17, 15) is 9.59 Å². The summed E-state index contributed by atoms with van der Waals surface area (Å²) in [7, 11) is 2.04. The lowest BCUT2D eigenvalue weighted by Gasteiger charge is -2.32. The lowest BCUT2D eigenvalue weighted by atomic mass is 10.1. The molecular weight excluding hydrogens is 340 g/mol. The molecule has 138 valence electrons. The molecule has 1 saturated heterocycles. The van der Waals surface area contributed by atoms with E-state index in [4.69, 9.17) is 0 Å². The Balaban J connectivity index is 1.59. The normalized spacial score (nSPS) is 15.2. The minimum absolute atomic E-state index is 0.0238. The van der Waals surface area contributed by atoms with Crippen LogP contribution in [-0.2, 0) is 11.3 Å². The van der Waals surface area contributed by atoms with Gasteiger partial charge in [-0.25, -0.2) is 4.68 Å². The maximum atomic E-state index is 12.6. The summed E-state index contributed by atoms with van der Waals surface area (Å²) in [5, 5.41) is 6.71. The highest BCUT2D eigenvalue weighted by atomic mass is 16.2. The quantitative estimate of drug-likeness (QED) is 0.713. The van der Waals surface area contributed by atoms with Crippen LogP contribution >= 0.6 is 0 Å². The first-order valence-corrected chi connectivity index (χ1v) is 9.14. The molecule has 0 atom stereocenters. The van der Waals surface area contributed by atoms with Crippen molar-refractivity contribution in [3.63, 3.8) is 0 Å². The van der Waals surface area contributed by atoms with Crippen molar-refractivity contribution in [1.29, 1.82) is 0 Å². The molecule has 1 fully saturated rings. The molecule has 0 unspecified atom stereocenters. The minimum atomic E-state index is -0.262. The van der Waals surface area contributed by atoms with Crippen molar-refractivity contribution in [3.8, 4) is 11.3 Å². The Morgan fingerprint density at radius 3 is 2.48 bits per heavy atom. The van der Waals surface area contributed by atoms with Crippen molar-refractivity contribution in [2.75, 3.05) is 33.2 Å². The molecule has 1 aliphatic rings. The van der Waals surface area contributed by atoms with E-state index in [0.717, 1.165) is 29.4 Å². The van der Waals surface area contributed by atoms with Crippen LogP contribution in [0, 0.1) is 0 Å². The molecule has 2 aromatic carbocycles. The molecule has 0 bridgehead atoms. The van der Waals surface area contributed by atoms with Gasteiger partial charge in [0, 0.05) is 37.8 Å². The molecule has 6 heteroatoms. The first-order valence-electron chi connectivity index (χ1n) is 9.14. The zero-order chi connectivity index (χ0) is 18.8. The van der Waals surface area contributed by atoms with Gasteiger partial charge in [0.15, 0.2) is 0 Å². The van der Waals surface area contributed by atoms with Gasteiger partial charge in [-0.05, 0) is 30.0 Å². The van der Waals surface area contributed by atoms with Gasteiger partial charge in [0.25, 0.3) is 5.56 Å². The number of benzene rings is 2. The van der Waals surface area contributed by atoms with E-state index >= 15 is 0 Å². The summed E-state index contributed by atoms with van der Waals surface area (Å²) in [5.74, 6) is -0.0617. The van der Waals surface area contributed by atoms with Crippen LogP contribution in [0.5, 0.6) is 0 Å². The Morgan fingerprint density at radius 1 is 0.963 bits per heavy atom. The van der Waals surface area contributed by atoms with Gasteiger partial charge in [0.05, 0.1) is 5.69 Å². The maximum Gasteiger partial charge on any atom is 0.267 e. The maximum absolute atomic E-state index is 12.6. The van der Waals surface area contributed by atoms with E-state index in [0.29, 0.717) is 18.8 Å². The number of piperazine rings is 1. The largest absolute Gasteiger partial charge is 0.339 e. The summed E-state index contributed by atoms with van der Waals surface area (Å²) < 4.78 is 1.27. The lowest BCUT2D eigenvalue weighted by molar-refractivity contribution is -0.133. The highest BCUT2D eigenvalue weighted by molar-refractivity contribution is 5.86. The van der Waals surface area contributed by atoms with Crippen molar-refractivity contribution in [2.45, 2.75) is 6.54 Å². The molecule has 0 aliphatic carbocycles. The summed E-state index contributed by atoms with van der Waals surface area (Å²) >= 11 is 0. The van der Waals surface area contributed by atoms with Crippen molar-refractivity contribution < 1.29 is 4.79 Å². The molecule has 2 heterocycles. The molecule has 4 rings (SSSR count). The van der Waals surface area contributed by atoms with E-state index in [1.807, 2.05) is 37.4 Å². The number of carbonyl (C=O) groups excluding carboxylic acids is 1. The number of hydrogen-bond acceptors (Lipinski definition) is 4. The average molecular weight is 362 g/mol. The van der Waals surface area contributed by atoms with Gasteiger partial charge in [-0.2, -0.15) is 5.10 Å². The van der Waals surface area contributed by atoms with Gasteiger partial charge < -0.3 is 9.80 Å². The zero-order valence-electron chi connectivity index (χ0n) is 15.3. The van der Waals surface area contributed by atoms with Crippen molar-refractivity contribution in [3.05, 3.63) is 65.0 Å². The van der Waals surface area contributed by atoms with Crippen molar-refractivity contribution in [1.82, 2.24) is 19.6 Å². The topological polar surface area (TPSA) is 58.4 Å². The highest BCUT2D eigenvalue weighted by Crippen LogP contribution is 2.22. The van der Waals surface area contributed by atoms with Gasteiger partial charge in [0.2, 0.25) is 5.91 Å². The standard InChI is InChI=1S/C21H22N4O2/c1-23-10-12-24(13-11-23)21(27)15-25-20(26)9-8-19(22-25)18-7-6-16-4-2-3-5-17(16)14-18/h2-9,14H,10-13,15H2,1H3. The molecular formula is C21H22N4O2. The predicted molar refractivity (Wildman–Crippen MR) is 106 cm³/mol. The molecule has 0 saturated carbocycles. The summed E-state index contributed by atoms with van der Waals surface area (Å²) in [4.78, 5) is 28.8. The molecule has 0 spiro atoms. The second-order valence-corrected chi connectivity index (χ2v) is 6.96. The van der Waals surface area contributed by atoms with Crippen LogP contribution in [0.3, 0.4) is 0 Å². The van der Waals surface area contributed by atoms with Crippen molar-refractivity contribution >= 4 is 16.7 Å². The number of carbonyl (C=O) groups is 1. The van der Waals surface area contributed by atoms with Gasteiger partial charge in [-0.1, -0.05) is 36.4 Å². The average Bonchev–Trinajstić information content (AvgIpc) is 2.69.